The molecule has 0 fully saturated rings. The van der Waals surface area contributed by atoms with Crippen LogP contribution in [0.2, 0.25) is 0 Å². The fraction of sp³-hybridized carbons (Fsp3) is 0.438. The van der Waals surface area contributed by atoms with Gasteiger partial charge in [0.2, 0.25) is 0 Å². The minimum absolute atomic E-state index is 0.180. The first-order valence-electron chi connectivity index (χ1n) is 7.61. The van der Waals surface area contributed by atoms with Crippen LogP contribution in [0.3, 0.4) is 0 Å². The summed E-state index contributed by atoms with van der Waals surface area (Å²) in [4.78, 5) is 24.4. The van der Waals surface area contributed by atoms with Crippen molar-refractivity contribution in [2.24, 2.45) is 0 Å². The van der Waals surface area contributed by atoms with Gasteiger partial charge in [0.25, 0.3) is 0 Å². The van der Waals surface area contributed by atoms with Crippen LogP contribution in [0, 0.1) is 0 Å². The summed E-state index contributed by atoms with van der Waals surface area (Å²) in [5, 5.41) is 14.5. The van der Waals surface area contributed by atoms with E-state index >= 15 is 0 Å². The van der Waals surface area contributed by atoms with E-state index in [0.717, 1.165) is 16.3 Å². The molecule has 10 heteroatoms. The highest BCUT2D eigenvalue weighted by Gasteiger charge is 2.38. The lowest BCUT2D eigenvalue weighted by molar-refractivity contribution is -0.752. The highest BCUT2D eigenvalue weighted by molar-refractivity contribution is 7.13. The van der Waals surface area contributed by atoms with Crippen LogP contribution in [-0.4, -0.2) is 33.1 Å². The van der Waals surface area contributed by atoms with E-state index in [-0.39, 0.29) is 5.78 Å². The van der Waals surface area contributed by atoms with Crippen LogP contribution in [0.15, 0.2) is 23.8 Å². The summed E-state index contributed by atoms with van der Waals surface area (Å²) in [6.45, 7) is 6.50. The molecule has 0 radical (unpaired) electrons. The van der Waals surface area contributed by atoms with Gasteiger partial charge < -0.3 is 5.11 Å². The van der Waals surface area contributed by atoms with Crippen LogP contribution < -0.4 is 4.68 Å². The van der Waals surface area contributed by atoms with Gasteiger partial charge in [0.05, 0.1) is 12.1 Å². The fourth-order valence-corrected chi connectivity index (χ4v) is 2.57. The van der Waals surface area contributed by atoms with Crippen LogP contribution >= 0.6 is 11.3 Å². The number of thiazole rings is 1. The predicted molar refractivity (Wildman–Crippen MR) is 88.6 cm³/mol. The average molecular weight is 390 g/mol. The summed E-state index contributed by atoms with van der Waals surface area (Å²) >= 11 is 1.64. The molecule has 0 aliphatic carbocycles. The zero-order valence-corrected chi connectivity index (χ0v) is 15.3. The van der Waals surface area contributed by atoms with Crippen LogP contribution in [0.5, 0.6) is 0 Å². The number of nitrogens with zero attached hydrogens (tertiary/aromatic N) is 3. The lowest BCUT2D eigenvalue weighted by Crippen LogP contribution is -2.38. The van der Waals surface area contributed by atoms with Crippen molar-refractivity contribution < 1.29 is 32.5 Å². The van der Waals surface area contributed by atoms with Gasteiger partial charge in [-0.05, 0) is 17.9 Å². The molecule has 0 amide bonds. The maximum absolute atomic E-state index is 10.9. The number of halogens is 3. The van der Waals surface area contributed by atoms with E-state index in [1.807, 2.05) is 18.5 Å². The fourth-order valence-electron chi connectivity index (χ4n) is 1.60. The minimum Gasteiger partial charge on any atom is -0.475 e. The predicted octanol–water partition coefficient (Wildman–Crippen LogP) is 3.23. The second-order valence-corrected chi connectivity index (χ2v) is 6.52. The highest BCUT2D eigenvalue weighted by Crippen LogP contribution is 2.25. The first-order chi connectivity index (χ1) is 12.0. The van der Waals surface area contributed by atoms with Crippen molar-refractivity contribution in [2.75, 3.05) is 0 Å². The first-order valence-corrected chi connectivity index (χ1v) is 8.49. The molecule has 0 aliphatic rings. The van der Waals surface area contributed by atoms with Crippen molar-refractivity contribution in [3.8, 4) is 10.6 Å². The first kappa shape index (κ1) is 21.7. The van der Waals surface area contributed by atoms with Gasteiger partial charge >= 0.3 is 12.1 Å². The van der Waals surface area contributed by atoms with Gasteiger partial charge in [-0.15, -0.1) is 11.3 Å². The van der Waals surface area contributed by atoms with Gasteiger partial charge in [0, 0.05) is 17.0 Å². The van der Waals surface area contributed by atoms with E-state index in [2.05, 4.69) is 29.3 Å². The number of alkyl halides is 3. The molecular formula is C16H19F3N3O3S+. The number of aliphatic carboxylic acids is 1. The number of carbonyl (C=O) groups is 2. The van der Waals surface area contributed by atoms with Crippen molar-refractivity contribution in [1.82, 2.24) is 10.1 Å². The zero-order chi connectivity index (χ0) is 19.9. The quantitative estimate of drug-likeness (QED) is 0.793. The van der Waals surface area contributed by atoms with Crippen LogP contribution in [0.4, 0.5) is 13.2 Å². The molecule has 6 nitrogen and oxygen atoms in total. The normalized spacial score (nSPS) is 11.0. The number of aryl methyl sites for hydroxylation is 1. The number of rotatable bonds is 5. The molecule has 0 aliphatic heterocycles. The van der Waals surface area contributed by atoms with E-state index in [1.165, 1.54) is 0 Å². The molecule has 2 aromatic rings. The number of hydrogen-bond acceptors (Lipinski definition) is 5. The van der Waals surface area contributed by atoms with Crippen LogP contribution in [0.25, 0.3) is 10.6 Å². The third-order valence-corrected chi connectivity index (χ3v) is 3.98. The number of carboxylic acid groups (broad SMARTS) is 1. The topological polar surface area (TPSA) is 84.0 Å². The van der Waals surface area contributed by atoms with Crippen LogP contribution in [0.1, 0.15) is 38.8 Å². The molecule has 0 aromatic carbocycles. The molecule has 0 spiro atoms. The number of Topliss-reactive ketones (excluding diaryl/α,β-unsaturated/α-hetero) is 1. The van der Waals surface area contributed by atoms with Gasteiger partial charge in [0.1, 0.15) is 17.0 Å². The Hall–Kier alpha value is -2.36. The Morgan fingerprint density at radius 3 is 2.35 bits per heavy atom. The molecule has 0 saturated heterocycles. The molecule has 0 unspecified atom stereocenters. The molecule has 2 aromatic heterocycles. The molecule has 2 heterocycles. The summed E-state index contributed by atoms with van der Waals surface area (Å²) < 4.78 is 33.5. The summed E-state index contributed by atoms with van der Waals surface area (Å²) in [5.41, 5.74) is 2.14. The van der Waals surface area contributed by atoms with Gasteiger partial charge in [-0.3, -0.25) is 4.79 Å². The number of aromatic nitrogens is 3. The third kappa shape index (κ3) is 7.26. The van der Waals surface area contributed by atoms with Crippen molar-refractivity contribution in [3.05, 3.63) is 29.5 Å². The minimum atomic E-state index is -5.08. The number of ketones is 1. The second kappa shape index (κ2) is 9.37. The van der Waals surface area contributed by atoms with Crippen molar-refractivity contribution >= 4 is 23.1 Å². The standard InChI is InChI=1S/C14H18N3OS.C2HF3O2/c1-10(2)13-9-19-14(16-13)12-5-7-17(15-8-12)6-4-11(3)18;3-2(4,5)1(6)7/h5,7-10H,4,6H2,1-3H3;(H,6,7)/q+1;. The summed E-state index contributed by atoms with van der Waals surface area (Å²) in [6, 6.07) is 2.00. The molecule has 0 saturated carbocycles. The SMILES string of the molecule is CC(=O)CC[n+]1ccc(-c2nc(C(C)C)cs2)cn1.O=C(O)C(F)(F)F. The number of hydrogen-bond donors (Lipinski definition) is 1. The third-order valence-electron chi connectivity index (χ3n) is 3.07. The summed E-state index contributed by atoms with van der Waals surface area (Å²) in [5.74, 6) is -2.13. The molecule has 0 bridgehead atoms. The summed E-state index contributed by atoms with van der Waals surface area (Å²) in [6.07, 6.45) is -0.858. The van der Waals surface area contributed by atoms with Gasteiger partial charge in [0.15, 0.2) is 12.7 Å². The Morgan fingerprint density at radius 2 is 1.96 bits per heavy atom. The van der Waals surface area contributed by atoms with Crippen LogP contribution in [-0.2, 0) is 16.1 Å². The smallest absolute Gasteiger partial charge is 0.475 e. The molecule has 26 heavy (non-hydrogen) atoms. The lowest BCUT2D eigenvalue weighted by Gasteiger charge is -1.97. The zero-order valence-electron chi connectivity index (χ0n) is 14.4. The molecule has 142 valence electrons. The van der Waals surface area contributed by atoms with Gasteiger partial charge in [-0.2, -0.15) is 13.2 Å². The largest absolute Gasteiger partial charge is 0.490 e. The lowest BCUT2D eigenvalue weighted by atomic mass is 10.2. The molecular weight excluding hydrogens is 371 g/mol. The van der Waals surface area contributed by atoms with E-state index in [1.54, 1.807) is 22.9 Å². The van der Waals surface area contributed by atoms with Gasteiger partial charge in [-0.25, -0.2) is 9.78 Å². The highest BCUT2D eigenvalue weighted by atomic mass is 32.1. The van der Waals surface area contributed by atoms with Crippen molar-refractivity contribution in [2.45, 2.75) is 45.8 Å². The molecule has 0 atom stereocenters. The Kier molecular flexibility index (Phi) is 7.81. The van der Waals surface area contributed by atoms with Crippen molar-refractivity contribution in [3.63, 3.8) is 0 Å². The van der Waals surface area contributed by atoms with E-state index < -0.39 is 12.1 Å². The Balaban J connectivity index is 0.000000412. The Morgan fingerprint density at radius 1 is 1.35 bits per heavy atom. The number of carboxylic acids is 1. The monoisotopic (exact) mass is 390 g/mol. The average Bonchev–Trinajstić information content (AvgIpc) is 3.03. The second-order valence-electron chi connectivity index (χ2n) is 5.67. The van der Waals surface area contributed by atoms with Gasteiger partial charge in [-0.1, -0.05) is 18.5 Å². The van der Waals surface area contributed by atoms with E-state index in [9.17, 15) is 18.0 Å². The van der Waals surface area contributed by atoms with E-state index in [4.69, 9.17) is 9.90 Å². The van der Waals surface area contributed by atoms with E-state index in [0.29, 0.717) is 18.9 Å². The Labute approximate surface area is 152 Å². The summed E-state index contributed by atoms with van der Waals surface area (Å²) in [7, 11) is 0. The Bertz CT molecular complexity index is 743. The maximum Gasteiger partial charge on any atom is 0.490 e. The molecule has 2 rings (SSSR count). The molecule has 1 N–H and O–H groups in total. The van der Waals surface area contributed by atoms with Crippen molar-refractivity contribution in [1.29, 1.82) is 0 Å². The number of carbonyl (C=O) groups excluding carboxylic acids is 1. The maximum atomic E-state index is 10.9.